The first-order valence-electron chi connectivity index (χ1n) is 32.6. The molecule has 0 aromatic rings. The van der Waals surface area contributed by atoms with Gasteiger partial charge in [0.1, 0.15) is 13.2 Å². The number of likely N-dealkylation sites (N-methyl/N-ethyl adjacent to an activating group) is 1. The van der Waals surface area contributed by atoms with Crippen molar-refractivity contribution in [1.29, 1.82) is 0 Å². The molecule has 2 N–H and O–H groups in total. The average molecular weight is 1050 g/mol. The fourth-order valence-corrected chi connectivity index (χ4v) is 10.9. The van der Waals surface area contributed by atoms with Crippen molar-refractivity contribution in [3.63, 3.8) is 0 Å². The topological polar surface area (TPSA) is 108 Å². The fraction of sp³-hybridized carbons (Fsp3) is 0.953. The third kappa shape index (κ3) is 58.8. The molecule has 0 spiro atoms. The van der Waals surface area contributed by atoms with E-state index in [-0.39, 0.29) is 19.1 Å². The molecular weight excluding hydrogens is 924 g/mol. The number of nitrogens with zero attached hydrogens (tertiary/aromatic N) is 1. The van der Waals surface area contributed by atoms with Crippen LogP contribution in [0.5, 0.6) is 0 Å². The molecule has 0 aromatic carbocycles. The van der Waals surface area contributed by atoms with Crippen molar-refractivity contribution < 1.29 is 32.9 Å². The molecule has 0 fully saturated rings. The number of carbonyl (C=O) groups is 1. The van der Waals surface area contributed by atoms with E-state index in [2.05, 4.69) is 19.2 Å². The number of phosphoric acid groups is 1. The summed E-state index contributed by atoms with van der Waals surface area (Å²) in [6, 6.07) is -0.883. The van der Waals surface area contributed by atoms with Crippen molar-refractivity contribution in [3.05, 3.63) is 12.2 Å². The normalized spacial score (nSPS) is 13.8. The Balaban J connectivity index is 4.09. The molecule has 3 unspecified atom stereocenters. The lowest BCUT2D eigenvalue weighted by atomic mass is 10.0. The van der Waals surface area contributed by atoms with Gasteiger partial charge in [-0.15, -0.1) is 0 Å². The third-order valence-electron chi connectivity index (χ3n) is 15.2. The lowest BCUT2D eigenvalue weighted by Gasteiger charge is -2.29. The van der Waals surface area contributed by atoms with E-state index in [4.69, 9.17) is 9.05 Å². The average Bonchev–Trinajstić information content (AvgIpc) is 3.35. The van der Waals surface area contributed by atoms with Gasteiger partial charge in [0.2, 0.25) is 5.91 Å². The van der Waals surface area contributed by atoms with Crippen molar-refractivity contribution in [1.82, 2.24) is 5.32 Å². The minimum Gasteiger partial charge on any atom is -0.756 e. The summed E-state index contributed by atoms with van der Waals surface area (Å²) < 4.78 is 23.4. The van der Waals surface area contributed by atoms with Gasteiger partial charge in [-0.05, 0) is 19.3 Å². The van der Waals surface area contributed by atoms with E-state index >= 15 is 0 Å². The van der Waals surface area contributed by atoms with Gasteiger partial charge in [-0.1, -0.05) is 328 Å². The quantitative estimate of drug-likeness (QED) is 0.0272. The molecule has 0 radical (unpaired) electrons. The Kier molecular flexibility index (Phi) is 55.4. The Morgan fingerprint density at radius 2 is 0.740 bits per heavy atom. The van der Waals surface area contributed by atoms with E-state index in [1.54, 1.807) is 6.08 Å². The van der Waals surface area contributed by atoms with Crippen LogP contribution in [0.1, 0.15) is 341 Å². The van der Waals surface area contributed by atoms with E-state index in [0.717, 1.165) is 38.5 Å². The van der Waals surface area contributed by atoms with E-state index < -0.39 is 20.0 Å². The van der Waals surface area contributed by atoms with Crippen LogP contribution in [0, 0.1) is 0 Å². The van der Waals surface area contributed by atoms with Crippen LogP contribution < -0.4 is 10.2 Å². The van der Waals surface area contributed by atoms with Crippen LogP contribution in [0.2, 0.25) is 0 Å². The summed E-state index contributed by atoms with van der Waals surface area (Å²) in [6.07, 6.45) is 70.3. The van der Waals surface area contributed by atoms with E-state index in [1.807, 2.05) is 27.2 Å². The Morgan fingerprint density at radius 1 is 0.466 bits per heavy atom. The predicted octanol–water partition coefficient (Wildman–Crippen LogP) is 19.5. The summed E-state index contributed by atoms with van der Waals surface area (Å²) in [7, 11) is 1.28. The van der Waals surface area contributed by atoms with Crippen LogP contribution >= 0.6 is 7.82 Å². The van der Waals surface area contributed by atoms with Gasteiger partial charge in [-0.3, -0.25) is 9.36 Å². The Labute approximate surface area is 456 Å². The zero-order valence-corrected chi connectivity index (χ0v) is 50.8. The van der Waals surface area contributed by atoms with Gasteiger partial charge in [0, 0.05) is 6.42 Å². The monoisotopic (exact) mass is 1050 g/mol. The van der Waals surface area contributed by atoms with Crippen molar-refractivity contribution in [2.45, 2.75) is 353 Å². The molecule has 0 heterocycles. The molecule has 1 amide bonds. The number of aliphatic hydroxyl groups excluding tert-OH is 1. The van der Waals surface area contributed by atoms with Gasteiger partial charge < -0.3 is 28.8 Å². The first-order chi connectivity index (χ1) is 35.5. The minimum absolute atomic E-state index is 0.00291. The van der Waals surface area contributed by atoms with Crippen LogP contribution in [0.3, 0.4) is 0 Å². The number of rotatable bonds is 61. The fourth-order valence-electron chi connectivity index (χ4n) is 10.2. The second kappa shape index (κ2) is 56.0. The molecule has 3 atom stereocenters. The predicted molar refractivity (Wildman–Crippen MR) is 316 cm³/mol. The lowest BCUT2D eigenvalue weighted by molar-refractivity contribution is -0.870. The highest BCUT2D eigenvalue weighted by Gasteiger charge is 2.23. The van der Waals surface area contributed by atoms with Gasteiger partial charge in [0.05, 0.1) is 39.9 Å². The number of aliphatic hydroxyl groups is 1. The SMILES string of the molecule is CCCCCCCCCCCCCCCCCCCCCCCCCCC/C=C/C(O)C(COP(=O)([O-])OCC[N+](C)(C)C)NC(=O)CCCCCCCCCCCCCCCCCCCCCCCCCC. The number of hydrogen-bond donors (Lipinski definition) is 2. The summed E-state index contributed by atoms with van der Waals surface area (Å²) in [5.74, 6) is -0.188. The number of amides is 1. The van der Waals surface area contributed by atoms with Gasteiger partial charge in [-0.2, -0.15) is 0 Å². The second-order valence-electron chi connectivity index (χ2n) is 23.8. The van der Waals surface area contributed by atoms with E-state index in [1.165, 1.54) is 283 Å². The van der Waals surface area contributed by atoms with E-state index in [9.17, 15) is 19.4 Å². The molecule has 9 heteroatoms. The van der Waals surface area contributed by atoms with Crippen LogP contribution in [-0.2, 0) is 18.4 Å². The number of quaternary nitrogens is 1. The van der Waals surface area contributed by atoms with Crippen LogP contribution in [0.25, 0.3) is 0 Å². The molecule has 0 rings (SSSR count). The molecular formula is C64H129N2O6P. The Hall–Kier alpha value is -0.760. The maximum atomic E-state index is 13.0. The van der Waals surface area contributed by atoms with E-state index in [0.29, 0.717) is 17.4 Å². The highest BCUT2D eigenvalue weighted by Crippen LogP contribution is 2.38. The Morgan fingerprint density at radius 3 is 1.03 bits per heavy atom. The van der Waals surface area contributed by atoms with Crippen molar-refractivity contribution in [3.8, 4) is 0 Å². The van der Waals surface area contributed by atoms with Gasteiger partial charge in [-0.25, -0.2) is 0 Å². The molecule has 0 bridgehead atoms. The number of hydrogen-bond acceptors (Lipinski definition) is 6. The van der Waals surface area contributed by atoms with Crippen LogP contribution in [0.15, 0.2) is 12.2 Å². The number of phosphoric ester groups is 1. The molecule has 0 aliphatic rings. The standard InChI is InChI=1S/C64H129N2O6P/c1-6-8-10-12-14-16-18-20-22-24-26-28-30-32-33-34-35-37-39-41-43-45-47-49-51-53-55-57-63(67)62(61-72-73(69,70)71-60-59-66(3,4)5)65-64(68)58-56-54-52-50-48-46-44-42-40-38-36-31-29-27-25-23-21-19-17-15-13-11-9-7-2/h55,57,62-63,67H,6-54,56,58-61H2,1-5H3,(H-,65,68,69,70)/b57-55+. The number of allylic oxidation sites excluding steroid dienone is 1. The molecule has 73 heavy (non-hydrogen) atoms. The zero-order chi connectivity index (χ0) is 53.5. The summed E-state index contributed by atoms with van der Waals surface area (Å²) in [6.45, 7) is 4.72. The number of unbranched alkanes of at least 4 members (excludes halogenated alkanes) is 48. The molecule has 0 saturated heterocycles. The molecule has 0 aliphatic carbocycles. The largest absolute Gasteiger partial charge is 0.756 e. The maximum absolute atomic E-state index is 13.0. The molecule has 436 valence electrons. The Bertz CT molecular complexity index is 1200. The third-order valence-corrected chi connectivity index (χ3v) is 16.2. The maximum Gasteiger partial charge on any atom is 0.268 e. The van der Waals surface area contributed by atoms with Crippen molar-refractivity contribution in [2.75, 3.05) is 40.9 Å². The first-order valence-corrected chi connectivity index (χ1v) is 34.0. The van der Waals surface area contributed by atoms with Crippen LogP contribution in [-0.4, -0.2) is 68.5 Å². The summed E-state index contributed by atoms with van der Waals surface area (Å²) in [5.41, 5.74) is 0. The zero-order valence-electron chi connectivity index (χ0n) is 49.9. The summed E-state index contributed by atoms with van der Waals surface area (Å²) in [5, 5.41) is 13.9. The van der Waals surface area contributed by atoms with Crippen molar-refractivity contribution >= 4 is 13.7 Å². The summed E-state index contributed by atoms with van der Waals surface area (Å²) >= 11 is 0. The molecule has 0 aromatic heterocycles. The minimum atomic E-state index is -4.60. The molecule has 8 nitrogen and oxygen atoms in total. The second-order valence-corrected chi connectivity index (χ2v) is 25.2. The highest BCUT2D eigenvalue weighted by molar-refractivity contribution is 7.45. The van der Waals surface area contributed by atoms with Crippen molar-refractivity contribution in [2.24, 2.45) is 0 Å². The number of carbonyl (C=O) groups excluding carboxylic acids is 1. The van der Waals surface area contributed by atoms with Crippen LogP contribution in [0.4, 0.5) is 0 Å². The molecule has 0 saturated carbocycles. The lowest BCUT2D eigenvalue weighted by Crippen LogP contribution is -2.45. The number of nitrogens with one attached hydrogen (secondary N) is 1. The van der Waals surface area contributed by atoms with Gasteiger partial charge in [0.15, 0.2) is 0 Å². The molecule has 0 aliphatic heterocycles. The first kappa shape index (κ1) is 72.2. The van der Waals surface area contributed by atoms with Gasteiger partial charge in [0.25, 0.3) is 7.82 Å². The van der Waals surface area contributed by atoms with Gasteiger partial charge >= 0.3 is 0 Å². The smallest absolute Gasteiger partial charge is 0.268 e. The summed E-state index contributed by atoms with van der Waals surface area (Å²) in [4.78, 5) is 25.6. The highest BCUT2D eigenvalue weighted by atomic mass is 31.2.